The third-order valence-corrected chi connectivity index (χ3v) is 2.89. The largest absolute Gasteiger partial charge is 0.417 e. The molecule has 2 aromatic rings. The van der Waals surface area contributed by atoms with Gasteiger partial charge in [-0.05, 0) is 6.07 Å². The highest BCUT2D eigenvalue weighted by molar-refractivity contribution is 6.37. The molecule has 100 valence electrons. The molecule has 0 radical (unpaired) electrons. The van der Waals surface area contributed by atoms with Gasteiger partial charge in [-0.25, -0.2) is 9.97 Å². The minimum Gasteiger partial charge on any atom is -0.368 e. The van der Waals surface area contributed by atoms with Gasteiger partial charge in [0.05, 0.1) is 11.1 Å². The van der Waals surface area contributed by atoms with Gasteiger partial charge in [0.25, 0.3) is 0 Å². The maximum absolute atomic E-state index is 12.9. The summed E-state index contributed by atoms with van der Waals surface area (Å²) in [7, 11) is 0. The molecule has 0 atom stereocenters. The fourth-order valence-corrected chi connectivity index (χ4v) is 2.20. The molecule has 0 aliphatic rings. The topological polar surface area (TPSA) is 51.8 Å². The number of rotatable bonds is 1. The average molecular weight is 308 g/mol. The van der Waals surface area contributed by atoms with Crippen molar-refractivity contribution in [2.24, 2.45) is 0 Å². The van der Waals surface area contributed by atoms with Crippen LogP contribution in [0, 0.1) is 0 Å². The van der Waals surface area contributed by atoms with Gasteiger partial charge >= 0.3 is 6.18 Å². The minimum absolute atomic E-state index is 0.0922. The van der Waals surface area contributed by atoms with Crippen molar-refractivity contribution in [3.8, 4) is 11.1 Å². The van der Waals surface area contributed by atoms with Gasteiger partial charge < -0.3 is 5.73 Å². The van der Waals surface area contributed by atoms with E-state index < -0.39 is 11.7 Å². The second kappa shape index (κ2) is 4.86. The van der Waals surface area contributed by atoms with Crippen molar-refractivity contribution in [3.05, 3.63) is 40.1 Å². The molecule has 0 bridgehead atoms. The van der Waals surface area contributed by atoms with Crippen LogP contribution in [-0.2, 0) is 6.18 Å². The third-order valence-electron chi connectivity index (χ3n) is 2.34. The molecule has 0 unspecified atom stereocenters. The Morgan fingerprint density at radius 2 is 1.53 bits per heavy atom. The van der Waals surface area contributed by atoms with Gasteiger partial charge in [-0.1, -0.05) is 41.4 Å². The Labute approximate surface area is 116 Å². The molecule has 0 aliphatic carbocycles. The Balaban J connectivity index is 2.74. The normalized spacial score (nSPS) is 11.6. The van der Waals surface area contributed by atoms with Crippen LogP contribution in [0.2, 0.25) is 10.3 Å². The lowest BCUT2D eigenvalue weighted by Crippen LogP contribution is -2.08. The second-order valence-electron chi connectivity index (χ2n) is 3.58. The summed E-state index contributed by atoms with van der Waals surface area (Å²) in [5, 5.41) is -0.455. The van der Waals surface area contributed by atoms with E-state index in [0.717, 1.165) is 6.07 Å². The Hall–Kier alpha value is -1.53. The zero-order valence-electron chi connectivity index (χ0n) is 9.17. The molecule has 1 aromatic carbocycles. The second-order valence-corrected chi connectivity index (χ2v) is 4.30. The highest BCUT2D eigenvalue weighted by atomic mass is 35.5. The van der Waals surface area contributed by atoms with Gasteiger partial charge in [0.15, 0.2) is 0 Å². The van der Waals surface area contributed by atoms with Crippen molar-refractivity contribution in [2.75, 3.05) is 5.73 Å². The van der Waals surface area contributed by atoms with E-state index in [9.17, 15) is 13.2 Å². The van der Waals surface area contributed by atoms with E-state index >= 15 is 0 Å². The summed E-state index contributed by atoms with van der Waals surface area (Å²) in [5.74, 6) is -0.205. The summed E-state index contributed by atoms with van der Waals surface area (Å²) < 4.78 is 38.8. The van der Waals surface area contributed by atoms with E-state index in [1.807, 2.05) is 0 Å². The van der Waals surface area contributed by atoms with Gasteiger partial charge in [0.2, 0.25) is 5.95 Å². The number of nitrogens with zero attached hydrogens (tertiary/aromatic N) is 2. The number of aromatic nitrogens is 2. The number of anilines is 1. The molecule has 3 nitrogen and oxygen atoms in total. The Morgan fingerprint density at radius 1 is 1.00 bits per heavy atom. The molecule has 0 saturated heterocycles. The maximum atomic E-state index is 12.9. The molecule has 1 heterocycles. The van der Waals surface area contributed by atoms with Crippen LogP contribution in [-0.4, -0.2) is 9.97 Å². The lowest BCUT2D eigenvalue weighted by atomic mass is 10.0. The zero-order valence-corrected chi connectivity index (χ0v) is 10.7. The Bertz CT molecular complexity index is 606. The first-order valence-electron chi connectivity index (χ1n) is 4.96. The van der Waals surface area contributed by atoms with Crippen molar-refractivity contribution < 1.29 is 13.2 Å². The van der Waals surface area contributed by atoms with Crippen LogP contribution in [0.4, 0.5) is 19.1 Å². The van der Waals surface area contributed by atoms with Crippen LogP contribution in [0.1, 0.15) is 5.56 Å². The van der Waals surface area contributed by atoms with E-state index in [1.54, 1.807) is 0 Å². The predicted molar refractivity (Wildman–Crippen MR) is 66.9 cm³/mol. The summed E-state index contributed by atoms with van der Waals surface area (Å²) >= 11 is 11.6. The molecule has 0 aliphatic heterocycles. The highest BCUT2D eigenvalue weighted by Crippen LogP contribution is 2.41. The van der Waals surface area contributed by atoms with Gasteiger partial charge in [0.1, 0.15) is 10.3 Å². The van der Waals surface area contributed by atoms with E-state index in [-0.39, 0.29) is 27.4 Å². The van der Waals surface area contributed by atoms with Crippen LogP contribution in [0.5, 0.6) is 0 Å². The van der Waals surface area contributed by atoms with E-state index in [2.05, 4.69) is 9.97 Å². The van der Waals surface area contributed by atoms with Crippen LogP contribution in [0.25, 0.3) is 11.1 Å². The molecule has 1 aromatic heterocycles. The fourth-order valence-electron chi connectivity index (χ4n) is 1.59. The molecule has 0 amide bonds. The molecule has 2 rings (SSSR count). The Kier molecular flexibility index (Phi) is 3.56. The van der Waals surface area contributed by atoms with E-state index in [0.29, 0.717) is 0 Å². The van der Waals surface area contributed by atoms with Crippen LogP contribution >= 0.6 is 23.2 Å². The lowest BCUT2D eigenvalue weighted by molar-refractivity contribution is -0.137. The van der Waals surface area contributed by atoms with Crippen molar-refractivity contribution in [2.45, 2.75) is 6.18 Å². The zero-order chi connectivity index (χ0) is 14.2. The van der Waals surface area contributed by atoms with Crippen LogP contribution in [0.3, 0.4) is 0 Å². The number of hydrogen-bond donors (Lipinski definition) is 1. The van der Waals surface area contributed by atoms with Gasteiger partial charge in [-0.3, -0.25) is 0 Å². The van der Waals surface area contributed by atoms with Crippen molar-refractivity contribution >= 4 is 29.2 Å². The molecule has 19 heavy (non-hydrogen) atoms. The standard InChI is InChI=1S/C11H6Cl2F3N3/c12-8-7(9(13)19-10(17)18-8)5-3-1-2-4-6(5)11(14,15)16/h1-4H,(H2,17,18,19). The van der Waals surface area contributed by atoms with Crippen LogP contribution in [0.15, 0.2) is 24.3 Å². The van der Waals surface area contributed by atoms with Crippen molar-refractivity contribution in [1.82, 2.24) is 9.97 Å². The van der Waals surface area contributed by atoms with Crippen molar-refractivity contribution in [1.29, 1.82) is 0 Å². The fraction of sp³-hybridized carbons (Fsp3) is 0.0909. The monoisotopic (exact) mass is 307 g/mol. The summed E-state index contributed by atoms with van der Waals surface area (Å²) in [6, 6.07) is 4.88. The average Bonchev–Trinajstić information content (AvgIpc) is 2.26. The SMILES string of the molecule is Nc1nc(Cl)c(-c2ccccc2C(F)(F)F)c(Cl)n1. The summed E-state index contributed by atoms with van der Waals surface area (Å²) in [5.41, 5.74) is 4.17. The summed E-state index contributed by atoms with van der Waals surface area (Å²) in [6.45, 7) is 0. The quantitative estimate of drug-likeness (QED) is 0.809. The van der Waals surface area contributed by atoms with Gasteiger partial charge in [-0.15, -0.1) is 0 Å². The molecule has 0 spiro atoms. The first kappa shape index (κ1) is 13.9. The number of benzene rings is 1. The molecule has 8 heteroatoms. The number of nitrogen functional groups attached to an aromatic ring is 1. The van der Waals surface area contributed by atoms with Crippen molar-refractivity contribution in [3.63, 3.8) is 0 Å². The predicted octanol–water partition coefficient (Wildman–Crippen LogP) is 4.05. The molecule has 0 saturated carbocycles. The highest BCUT2D eigenvalue weighted by Gasteiger charge is 2.34. The van der Waals surface area contributed by atoms with E-state index in [1.165, 1.54) is 18.2 Å². The first-order valence-corrected chi connectivity index (χ1v) is 5.71. The number of nitrogens with two attached hydrogens (primary N) is 1. The molecule has 0 fully saturated rings. The minimum atomic E-state index is -4.54. The number of alkyl halides is 3. The third kappa shape index (κ3) is 2.74. The van der Waals surface area contributed by atoms with Gasteiger partial charge in [0, 0.05) is 5.56 Å². The first-order chi connectivity index (χ1) is 8.80. The Morgan fingerprint density at radius 3 is 2.05 bits per heavy atom. The molecular formula is C11H6Cl2F3N3. The number of halogens is 5. The molecule has 2 N–H and O–H groups in total. The molecular weight excluding hydrogens is 302 g/mol. The van der Waals surface area contributed by atoms with Crippen LogP contribution < -0.4 is 5.73 Å². The van der Waals surface area contributed by atoms with E-state index in [4.69, 9.17) is 28.9 Å². The summed E-state index contributed by atoms with van der Waals surface area (Å²) in [6.07, 6.45) is -4.54. The lowest BCUT2D eigenvalue weighted by Gasteiger charge is -2.14. The van der Waals surface area contributed by atoms with Gasteiger partial charge in [-0.2, -0.15) is 13.2 Å². The smallest absolute Gasteiger partial charge is 0.368 e. The summed E-state index contributed by atoms with van der Waals surface area (Å²) in [4.78, 5) is 7.23. The maximum Gasteiger partial charge on any atom is 0.417 e. The number of hydrogen-bond acceptors (Lipinski definition) is 3.